The first-order valence-corrected chi connectivity index (χ1v) is 15.1. The van der Waals surface area contributed by atoms with Gasteiger partial charge in [0.15, 0.2) is 23.0 Å². The Balaban J connectivity index is 1.41. The van der Waals surface area contributed by atoms with E-state index in [1.807, 2.05) is 36.4 Å². The lowest BCUT2D eigenvalue weighted by atomic mass is 9.87. The van der Waals surface area contributed by atoms with Crippen LogP contribution in [0.1, 0.15) is 45.5 Å². The Hall–Kier alpha value is -4.40. The second-order valence-corrected chi connectivity index (χ2v) is 12.1. The highest BCUT2D eigenvalue weighted by Gasteiger charge is 2.34. The molecule has 8 heteroatoms. The van der Waals surface area contributed by atoms with E-state index in [1.165, 1.54) is 0 Å². The summed E-state index contributed by atoms with van der Waals surface area (Å²) in [6, 6.07) is 19.9. The molecule has 0 unspecified atom stereocenters. The summed E-state index contributed by atoms with van der Waals surface area (Å²) in [5, 5.41) is 21.9. The molecule has 0 aromatic heterocycles. The zero-order valence-electron chi connectivity index (χ0n) is 25.6. The standard InChI is InChI=1S/C36H38N2O6/c1-37-15-13-23-19-29(39)33(41-3)35-31(23)27(37)17-21-5-9-26(10-6-21)44-36-32-24(20-30(40)34(36)42-4)14-16-38(2)28(32)18-22-7-11-25(43-35)12-8-22/h5-12,19-20,27-28,39-40H,13-18H2,1-4H3/t27-,28+. The van der Waals surface area contributed by atoms with Gasteiger partial charge in [0.2, 0.25) is 11.5 Å². The fourth-order valence-corrected chi connectivity index (χ4v) is 7.06. The van der Waals surface area contributed by atoms with Crippen LogP contribution in [-0.4, -0.2) is 61.4 Å². The molecule has 6 aliphatic heterocycles. The molecule has 4 aromatic carbocycles. The second kappa shape index (κ2) is 11.3. The van der Waals surface area contributed by atoms with Crippen molar-refractivity contribution >= 4 is 0 Å². The maximum atomic E-state index is 10.9. The summed E-state index contributed by atoms with van der Waals surface area (Å²) >= 11 is 0. The quantitative estimate of drug-likeness (QED) is 0.270. The van der Waals surface area contributed by atoms with Gasteiger partial charge in [0.25, 0.3) is 0 Å². The van der Waals surface area contributed by atoms with E-state index in [-0.39, 0.29) is 23.6 Å². The summed E-state index contributed by atoms with van der Waals surface area (Å²) in [5.41, 5.74) is 6.45. The van der Waals surface area contributed by atoms with Gasteiger partial charge in [-0.2, -0.15) is 0 Å². The lowest BCUT2D eigenvalue weighted by Gasteiger charge is -2.37. The minimum atomic E-state index is 0.00246. The first-order valence-electron chi connectivity index (χ1n) is 15.1. The maximum absolute atomic E-state index is 10.9. The SMILES string of the molecule is COc1c(O)cc2c3c1Oc1ccc(cc1)C[C@H]1c4c(cc(O)c(OC)c4Oc4ccc(cc4)C[C@H]3N(C)CC2)CCN1C. The summed E-state index contributed by atoms with van der Waals surface area (Å²) in [4.78, 5) is 4.66. The van der Waals surface area contributed by atoms with Gasteiger partial charge < -0.3 is 29.2 Å². The van der Waals surface area contributed by atoms with Gasteiger partial charge in [0.1, 0.15) is 11.5 Å². The molecule has 4 bridgehead atoms. The molecular weight excluding hydrogens is 556 g/mol. The zero-order valence-corrected chi connectivity index (χ0v) is 25.6. The predicted octanol–water partition coefficient (Wildman–Crippen LogP) is 6.56. The highest BCUT2D eigenvalue weighted by atomic mass is 16.5. The number of benzene rings is 4. The third-order valence-electron chi connectivity index (χ3n) is 9.43. The van der Waals surface area contributed by atoms with Crippen molar-refractivity contribution in [2.45, 2.75) is 37.8 Å². The molecule has 0 saturated carbocycles. The lowest BCUT2D eigenvalue weighted by molar-refractivity contribution is 0.221. The third-order valence-corrected chi connectivity index (χ3v) is 9.43. The minimum absolute atomic E-state index is 0.00246. The molecular formula is C36H38N2O6. The Morgan fingerprint density at radius 3 is 1.39 bits per heavy atom. The summed E-state index contributed by atoms with van der Waals surface area (Å²) in [7, 11) is 7.38. The van der Waals surface area contributed by atoms with Crippen molar-refractivity contribution in [3.63, 3.8) is 0 Å². The average Bonchev–Trinajstić information content (AvgIpc) is 3.01. The fraction of sp³-hybridized carbons (Fsp3) is 0.333. The Morgan fingerprint density at radius 1 is 0.636 bits per heavy atom. The predicted molar refractivity (Wildman–Crippen MR) is 168 cm³/mol. The van der Waals surface area contributed by atoms with Gasteiger partial charge in [-0.1, -0.05) is 24.3 Å². The maximum Gasteiger partial charge on any atom is 0.204 e. The van der Waals surface area contributed by atoms with Crippen molar-refractivity contribution in [2.24, 2.45) is 0 Å². The van der Waals surface area contributed by atoms with Crippen LogP contribution in [0.2, 0.25) is 0 Å². The Kier molecular flexibility index (Phi) is 7.26. The number of nitrogens with zero attached hydrogens (tertiary/aromatic N) is 2. The van der Waals surface area contributed by atoms with Gasteiger partial charge in [0, 0.05) is 36.3 Å². The summed E-state index contributed by atoms with van der Waals surface area (Å²) in [6.45, 7) is 1.72. The molecule has 8 nitrogen and oxygen atoms in total. The monoisotopic (exact) mass is 594 g/mol. The molecule has 44 heavy (non-hydrogen) atoms. The van der Waals surface area contributed by atoms with Gasteiger partial charge in [-0.25, -0.2) is 0 Å². The highest BCUT2D eigenvalue weighted by Crippen LogP contribution is 2.51. The van der Waals surface area contributed by atoms with Crippen molar-refractivity contribution in [1.82, 2.24) is 9.80 Å². The van der Waals surface area contributed by atoms with Crippen LogP contribution in [0.5, 0.6) is 46.0 Å². The number of phenols is 2. The third kappa shape index (κ3) is 4.88. The smallest absolute Gasteiger partial charge is 0.204 e. The Morgan fingerprint density at radius 2 is 1.02 bits per heavy atom. The fourth-order valence-electron chi connectivity index (χ4n) is 7.06. The molecule has 0 amide bonds. The van der Waals surface area contributed by atoms with Gasteiger partial charge in [-0.15, -0.1) is 0 Å². The summed E-state index contributed by atoms with van der Waals surface area (Å²) < 4.78 is 24.7. The van der Waals surface area contributed by atoms with Crippen molar-refractivity contribution in [3.05, 3.63) is 94.0 Å². The van der Waals surface area contributed by atoms with Crippen LogP contribution in [0, 0.1) is 0 Å². The van der Waals surface area contributed by atoms with Crippen LogP contribution >= 0.6 is 0 Å². The van der Waals surface area contributed by atoms with Gasteiger partial charge in [0.05, 0.1) is 14.2 Å². The van der Waals surface area contributed by atoms with Crippen LogP contribution in [0.4, 0.5) is 0 Å². The van der Waals surface area contributed by atoms with E-state index in [1.54, 1.807) is 14.2 Å². The van der Waals surface area contributed by atoms with E-state index in [0.717, 1.165) is 72.2 Å². The van der Waals surface area contributed by atoms with E-state index in [9.17, 15) is 10.2 Å². The molecule has 0 spiro atoms. The van der Waals surface area contributed by atoms with Crippen LogP contribution in [0.25, 0.3) is 0 Å². The topological polar surface area (TPSA) is 83.9 Å². The van der Waals surface area contributed by atoms with Crippen molar-refractivity contribution < 1.29 is 29.2 Å². The summed E-state index contributed by atoms with van der Waals surface area (Å²) in [5.74, 6) is 3.32. The van der Waals surface area contributed by atoms with E-state index < -0.39 is 0 Å². The minimum Gasteiger partial charge on any atom is -0.504 e. The molecule has 10 rings (SSSR count). The van der Waals surface area contributed by atoms with Crippen LogP contribution in [-0.2, 0) is 25.7 Å². The van der Waals surface area contributed by atoms with E-state index >= 15 is 0 Å². The Labute approximate surface area is 258 Å². The van der Waals surface area contributed by atoms with Crippen molar-refractivity contribution in [1.29, 1.82) is 0 Å². The second-order valence-electron chi connectivity index (χ2n) is 12.1. The number of hydrogen-bond donors (Lipinski definition) is 2. The number of rotatable bonds is 2. The number of methoxy groups -OCH3 is 2. The van der Waals surface area contributed by atoms with Crippen LogP contribution in [0.3, 0.4) is 0 Å². The van der Waals surface area contributed by atoms with E-state index in [4.69, 9.17) is 18.9 Å². The first-order chi connectivity index (χ1) is 21.3. The number of hydrogen-bond acceptors (Lipinski definition) is 8. The van der Waals surface area contributed by atoms with Gasteiger partial charge >= 0.3 is 0 Å². The number of aromatic hydroxyl groups is 2. The van der Waals surface area contributed by atoms with Crippen LogP contribution in [0.15, 0.2) is 60.7 Å². The number of ether oxygens (including phenoxy) is 4. The molecule has 4 aromatic rings. The van der Waals surface area contributed by atoms with Crippen LogP contribution < -0.4 is 18.9 Å². The highest BCUT2D eigenvalue weighted by molar-refractivity contribution is 5.63. The Bertz CT molecular complexity index is 1580. The molecule has 6 aliphatic rings. The normalized spacial score (nSPS) is 19.6. The number of phenolic OH excluding ortho intramolecular Hbond substituents is 2. The molecule has 0 fully saturated rings. The lowest BCUT2D eigenvalue weighted by Crippen LogP contribution is -2.34. The molecule has 2 N–H and O–H groups in total. The van der Waals surface area contributed by atoms with Gasteiger partial charge in [-0.05, 0) is 98.4 Å². The van der Waals surface area contributed by atoms with Crippen molar-refractivity contribution in [2.75, 3.05) is 41.4 Å². The van der Waals surface area contributed by atoms with E-state index in [2.05, 4.69) is 48.2 Å². The number of likely N-dealkylation sites (N-methyl/N-ethyl adjacent to an activating group) is 2. The molecule has 0 saturated heterocycles. The largest absolute Gasteiger partial charge is 0.504 e. The summed E-state index contributed by atoms with van der Waals surface area (Å²) in [6.07, 6.45) is 3.05. The zero-order chi connectivity index (χ0) is 30.5. The van der Waals surface area contributed by atoms with Gasteiger partial charge in [-0.3, -0.25) is 9.80 Å². The first kappa shape index (κ1) is 28.4. The van der Waals surface area contributed by atoms with E-state index in [0.29, 0.717) is 34.5 Å². The molecule has 6 heterocycles. The molecule has 228 valence electrons. The molecule has 0 aliphatic carbocycles. The average molecular weight is 595 g/mol. The molecule has 2 atom stereocenters. The van der Waals surface area contributed by atoms with Crippen molar-refractivity contribution in [3.8, 4) is 46.0 Å². The molecule has 0 radical (unpaired) electrons.